The van der Waals surface area contributed by atoms with E-state index in [-0.39, 0.29) is 0 Å². The maximum absolute atomic E-state index is 5.14. The molecule has 2 heteroatoms. The van der Waals surface area contributed by atoms with Crippen molar-refractivity contribution in [3.05, 3.63) is 24.0 Å². The first-order chi connectivity index (χ1) is 4.88. The summed E-state index contributed by atoms with van der Waals surface area (Å²) >= 11 is 0. The number of nitrogens with zero attached hydrogens (tertiary/aromatic N) is 2. The molecular formula is C8H8N2. The molecule has 0 bridgehead atoms. The molecular weight excluding hydrogens is 124 g/mol. The Morgan fingerprint density at radius 2 is 2.60 bits per heavy atom. The highest BCUT2D eigenvalue weighted by molar-refractivity contribution is 5.44. The van der Waals surface area contributed by atoms with Crippen LogP contribution in [0.2, 0.25) is 0 Å². The summed E-state index contributed by atoms with van der Waals surface area (Å²) < 4.78 is 1.49. The zero-order valence-corrected chi connectivity index (χ0v) is 5.78. The molecule has 1 rings (SSSR count). The first-order valence-electron chi connectivity index (χ1n) is 3.02. The van der Waals surface area contributed by atoms with Gasteiger partial charge in [-0.3, -0.25) is 0 Å². The van der Waals surface area contributed by atoms with E-state index in [9.17, 15) is 0 Å². The Morgan fingerprint density at radius 1 is 1.80 bits per heavy atom. The van der Waals surface area contributed by atoms with Gasteiger partial charge in [-0.25, -0.2) is 0 Å². The molecule has 0 amide bonds. The molecule has 0 aromatic carbocycles. The van der Waals surface area contributed by atoms with Crippen molar-refractivity contribution in [2.75, 3.05) is 0 Å². The average molecular weight is 132 g/mol. The van der Waals surface area contributed by atoms with Gasteiger partial charge in [-0.05, 0) is 19.1 Å². The Hall–Kier alpha value is -1.49. The largest absolute Gasteiger partial charge is 0.190 e. The van der Waals surface area contributed by atoms with Crippen LogP contribution in [0.3, 0.4) is 0 Å². The van der Waals surface area contributed by atoms with Crippen LogP contribution in [0.4, 0.5) is 0 Å². The van der Waals surface area contributed by atoms with Crippen molar-refractivity contribution in [3.8, 4) is 12.5 Å². The van der Waals surface area contributed by atoms with Crippen LogP contribution in [0, 0.1) is 12.5 Å². The molecule has 1 heterocycles. The number of rotatable bonds is 1. The highest BCUT2D eigenvalue weighted by atomic mass is 15.3. The molecule has 0 atom stereocenters. The van der Waals surface area contributed by atoms with E-state index in [1.807, 2.05) is 25.1 Å². The predicted octanol–water partition coefficient (Wildman–Crippen LogP) is 1.35. The topological polar surface area (TPSA) is 17.8 Å². The van der Waals surface area contributed by atoms with E-state index in [0.29, 0.717) is 0 Å². The highest BCUT2D eigenvalue weighted by Gasteiger charge is 1.91. The SMILES string of the molecule is C#Cn1nccc1/C=C\C. The lowest BCUT2D eigenvalue weighted by molar-refractivity contribution is 0.907. The fourth-order valence-electron chi connectivity index (χ4n) is 0.718. The van der Waals surface area contributed by atoms with Gasteiger partial charge in [0, 0.05) is 6.04 Å². The number of allylic oxidation sites excluding steroid dienone is 1. The van der Waals surface area contributed by atoms with Gasteiger partial charge in [-0.15, -0.1) is 0 Å². The molecule has 0 radical (unpaired) electrons. The molecule has 0 aliphatic carbocycles. The zero-order valence-electron chi connectivity index (χ0n) is 5.78. The molecule has 0 unspecified atom stereocenters. The summed E-state index contributed by atoms with van der Waals surface area (Å²) in [5, 5.41) is 3.88. The average Bonchev–Trinajstić information content (AvgIpc) is 2.36. The van der Waals surface area contributed by atoms with Crippen LogP contribution in [-0.2, 0) is 0 Å². The molecule has 1 aromatic rings. The van der Waals surface area contributed by atoms with Gasteiger partial charge in [0.05, 0.1) is 11.9 Å². The van der Waals surface area contributed by atoms with Crippen LogP contribution in [0.1, 0.15) is 12.6 Å². The molecule has 0 saturated carbocycles. The zero-order chi connectivity index (χ0) is 7.40. The first-order valence-corrected chi connectivity index (χ1v) is 3.02. The third-order valence-electron chi connectivity index (χ3n) is 1.13. The summed E-state index contributed by atoms with van der Waals surface area (Å²) in [7, 11) is 0. The van der Waals surface area contributed by atoms with Crippen molar-refractivity contribution in [2.24, 2.45) is 0 Å². The summed E-state index contributed by atoms with van der Waals surface area (Å²) in [4.78, 5) is 0. The van der Waals surface area contributed by atoms with Gasteiger partial charge in [-0.1, -0.05) is 12.5 Å². The van der Waals surface area contributed by atoms with Crippen LogP contribution in [0.25, 0.3) is 6.08 Å². The fourth-order valence-corrected chi connectivity index (χ4v) is 0.718. The Kier molecular flexibility index (Phi) is 1.91. The maximum Gasteiger partial charge on any atom is 0.0758 e. The van der Waals surface area contributed by atoms with E-state index in [0.717, 1.165) is 5.69 Å². The van der Waals surface area contributed by atoms with Crippen molar-refractivity contribution in [3.63, 3.8) is 0 Å². The van der Waals surface area contributed by atoms with Gasteiger partial charge >= 0.3 is 0 Å². The number of hydrogen-bond acceptors (Lipinski definition) is 1. The van der Waals surface area contributed by atoms with Gasteiger partial charge in [0.1, 0.15) is 0 Å². The Labute approximate surface area is 60.2 Å². The minimum absolute atomic E-state index is 0.935. The van der Waals surface area contributed by atoms with E-state index < -0.39 is 0 Å². The first kappa shape index (κ1) is 6.63. The standard InChI is InChI=1S/C8H8N2/c1-3-5-8-6-7-9-10(8)4-2/h2-3,5-7H,1H3/b5-3-. The van der Waals surface area contributed by atoms with Crippen LogP contribution in [0.5, 0.6) is 0 Å². The maximum atomic E-state index is 5.14. The van der Waals surface area contributed by atoms with E-state index >= 15 is 0 Å². The third kappa shape index (κ3) is 1.08. The lowest BCUT2D eigenvalue weighted by atomic mass is 10.4. The summed E-state index contributed by atoms with van der Waals surface area (Å²) in [6.07, 6.45) is 10.6. The van der Waals surface area contributed by atoms with Crippen molar-refractivity contribution in [1.82, 2.24) is 9.78 Å². The van der Waals surface area contributed by atoms with Crippen LogP contribution in [-0.4, -0.2) is 9.78 Å². The molecule has 0 aliphatic rings. The molecule has 0 fully saturated rings. The van der Waals surface area contributed by atoms with E-state index in [4.69, 9.17) is 6.42 Å². The smallest absolute Gasteiger partial charge is 0.0758 e. The predicted molar refractivity (Wildman–Crippen MR) is 41.2 cm³/mol. The van der Waals surface area contributed by atoms with E-state index in [1.165, 1.54) is 4.68 Å². The minimum atomic E-state index is 0.935. The molecule has 1 aromatic heterocycles. The lowest BCUT2D eigenvalue weighted by Crippen LogP contribution is -1.91. The van der Waals surface area contributed by atoms with Gasteiger partial charge in [0.15, 0.2) is 0 Å². The van der Waals surface area contributed by atoms with Crippen molar-refractivity contribution < 1.29 is 0 Å². The minimum Gasteiger partial charge on any atom is -0.190 e. The molecule has 0 aliphatic heterocycles. The number of aromatic nitrogens is 2. The number of hydrogen-bond donors (Lipinski definition) is 0. The van der Waals surface area contributed by atoms with E-state index in [1.54, 1.807) is 6.20 Å². The van der Waals surface area contributed by atoms with Gasteiger partial charge < -0.3 is 0 Å². The Bertz CT molecular complexity index is 276. The van der Waals surface area contributed by atoms with Crippen LogP contribution < -0.4 is 0 Å². The second-order valence-corrected chi connectivity index (χ2v) is 1.80. The molecule has 0 saturated heterocycles. The lowest BCUT2D eigenvalue weighted by Gasteiger charge is -1.89. The van der Waals surface area contributed by atoms with Crippen LogP contribution >= 0.6 is 0 Å². The van der Waals surface area contributed by atoms with Gasteiger partial charge in [-0.2, -0.15) is 9.78 Å². The Balaban J connectivity index is 3.04. The third-order valence-corrected chi connectivity index (χ3v) is 1.13. The van der Waals surface area contributed by atoms with Gasteiger partial charge in [0.25, 0.3) is 0 Å². The van der Waals surface area contributed by atoms with Crippen molar-refractivity contribution in [2.45, 2.75) is 6.92 Å². The van der Waals surface area contributed by atoms with Crippen molar-refractivity contribution in [1.29, 1.82) is 0 Å². The normalized spacial score (nSPS) is 10.0. The summed E-state index contributed by atoms with van der Waals surface area (Å²) in [6.45, 7) is 1.94. The van der Waals surface area contributed by atoms with Crippen LogP contribution in [0.15, 0.2) is 18.3 Å². The number of terminal acetylenes is 1. The second kappa shape index (κ2) is 2.88. The molecule has 0 spiro atoms. The van der Waals surface area contributed by atoms with Crippen molar-refractivity contribution >= 4 is 6.08 Å². The quantitative estimate of drug-likeness (QED) is 0.527. The Morgan fingerprint density at radius 3 is 3.20 bits per heavy atom. The second-order valence-electron chi connectivity index (χ2n) is 1.80. The molecule has 2 nitrogen and oxygen atoms in total. The fraction of sp³-hybridized carbons (Fsp3) is 0.125. The summed E-state index contributed by atoms with van der Waals surface area (Å²) in [5.41, 5.74) is 0.935. The highest BCUT2D eigenvalue weighted by Crippen LogP contribution is 1.98. The molecule has 50 valence electrons. The van der Waals surface area contributed by atoms with Gasteiger partial charge in [0.2, 0.25) is 0 Å². The van der Waals surface area contributed by atoms with E-state index in [2.05, 4.69) is 11.1 Å². The summed E-state index contributed by atoms with van der Waals surface area (Å²) in [6, 6.07) is 4.28. The summed E-state index contributed by atoms with van der Waals surface area (Å²) in [5.74, 6) is 0. The monoisotopic (exact) mass is 132 g/mol. The molecule has 10 heavy (non-hydrogen) atoms. The molecule has 0 N–H and O–H groups in total.